The van der Waals surface area contributed by atoms with E-state index in [1.165, 1.54) is 0 Å². The summed E-state index contributed by atoms with van der Waals surface area (Å²) in [6, 6.07) is 0. The van der Waals surface area contributed by atoms with Gasteiger partial charge in [-0.3, -0.25) is 0 Å². The highest BCUT2D eigenvalue weighted by Crippen LogP contribution is 2.32. The van der Waals surface area contributed by atoms with E-state index in [9.17, 15) is 8.42 Å². The van der Waals surface area contributed by atoms with Crippen molar-refractivity contribution in [3.63, 3.8) is 0 Å². The van der Waals surface area contributed by atoms with Crippen LogP contribution in [0.15, 0.2) is 9.31 Å². The zero-order valence-electron chi connectivity index (χ0n) is 13.4. The molecule has 0 fully saturated rings. The van der Waals surface area contributed by atoms with Gasteiger partial charge in [-0.05, 0) is 27.9 Å². The predicted octanol–water partition coefficient (Wildman–Crippen LogP) is 0.830. The monoisotopic (exact) mass is 327 g/mol. The van der Waals surface area contributed by atoms with Gasteiger partial charge in [0.2, 0.25) is 15.9 Å². The van der Waals surface area contributed by atoms with E-state index in [4.69, 9.17) is 4.42 Å². The summed E-state index contributed by atoms with van der Waals surface area (Å²) in [5.41, 5.74) is 1.64. The molecule has 2 aromatic rings. The van der Waals surface area contributed by atoms with E-state index in [-0.39, 0.29) is 10.8 Å². The number of sulfonamides is 1. The van der Waals surface area contributed by atoms with Gasteiger partial charge >= 0.3 is 0 Å². The van der Waals surface area contributed by atoms with Gasteiger partial charge in [-0.25, -0.2) is 13.1 Å². The molecule has 0 aliphatic rings. The fourth-order valence-corrected chi connectivity index (χ4v) is 3.69. The molecule has 9 heteroatoms. The fourth-order valence-electron chi connectivity index (χ4n) is 2.23. The summed E-state index contributed by atoms with van der Waals surface area (Å²) in [5.74, 6) is 0.588. The quantitative estimate of drug-likeness (QED) is 0.814. The summed E-state index contributed by atoms with van der Waals surface area (Å²) in [5, 5.41) is 7.71. The molecule has 8 nitrogen and oxygen atoms in total. The zero-order chi connectivity index (χ0) is 16.5. The highest BCUT2D eigenvalue weighted by atomic mass is 32.2. The Morgan fingerprint density at radius 3 is 2.41 bits per heavy atom. The average Bonchev–Trinajstić information content (AvgIpc) is 2.92. The van der Waals surface area contributed by atoms with Crippen molar-refractivity contribution in [1.29, 1.82) is 0 Å². The van der Waals surface area contributed by atoms with Crippen molar-refractivity contribution in [1.82, 2.24) is 24.8 Å². The van der Waals surface area contributed by atoms with E-state index in [1.807, 2.05) is 19.0 Å². The van der Waals surface area contributed by atoms with Crippen LogP contribution in [0.3, 0.4) is 0 Å². The SMILES string of the molecule is Cc1nnc(-c2c(C)[nH]c(C)c2S(=O)(=O)NCCN(C)C)o1. The molecule has 0 saturated carbocycles. The Kier molecular flexibility index (Phi) is 4.69. The van der Waals surface area contributed by atoms with Gasteiger partial charge in [-0.2, -0.15) is 0 Å². The molecule has 2 heterocycles. The average molecular weight is 327 g/mol. The number of rotatable bonds is 6. The largest absolute Gasteiger partial charge is 0.421 e. The first kappa shape index (κ1) is 16.7. The first-order valence-electron chi connectivity index (χ1n) is 6.86. The summed E-state index contributed by atoms with van der Waals surface area (Å²) in [4.78, 5) is 5.09. The summed E-state index contributed by atoms with van der Waals surface area (Å²) < 4.78 is 33.2. The molecule has 0 aromatic carbocycles. The Morgan fingerprint density at radius 1 is 1.18 bits per heavy atom. The maximum atomic E-state index is 12.6. The van der Waals surface area contributed by atoms with E-state index >= 15 is 0 Å². The van der Waals surface area contributed by atoms with E-state index in [0.29, 0.717) is 35.9 Å². The Bertz CT molecular complexity index is 761. The molecule has 0 atom stereocenters. The number of likely N-dealkylation sites (N-methyl/N-ethyl adjacent to an activating group) is 1. The molecule has 2 aromatic heterocycles. The smallest absolute Gasteiger partial charge is 0.250 e. The zero-order valence-corrected chi connectivity index (χ0v) is 14.2. The van der Waals surface area contributed by atoms with Gasteiger partial charge < -0.3 is 14.3 Å². The maximum absolute atomic E-state index is 12.6. The number of hydrogen-bond donors (Lipinski definition) is 2. The minimum Gasteiger partial charge on any atom is -0.421 e. The van der Waals surface area contributed by atoms with Crippen LogP contribution in [0.25, 0.3) is 11.5 Å². The molecule has 0 radical (unpaired) electrons. The van der Waals surface area contributed by atoms with Gasteiger partial charge in [-0.1, -0.05) is 0 Å². The normalized spacial score (nSPS) is 12.3. The molecule has 2 rings (SSSR count). The summed E-state index contributed by atoms with van der Waals surface area (Å²) in [6.45, 7) is 6.08. The summed E-state index contributed by atoms with van der Waals surface area (Å²) >= 11 is 0. The van der Waals surface area contributed by atoms with Crippen molar-refractivity contribution in [2.24, 2.45) is 0 Å². The Labute approximate surface area is 130 Å². The van der Waals surface area contributed by atoms with Crippen LogP contribution in [-0.4, -0.2) is 55.7 Å². The molecule has 0 bridgehead atoms. The van der Waals surface area contributed by atoms with Crippen LogP contribution >= 0.6 is 0 Å². The fraction of sp³-hybridized carbons (Fsp3) is 0.538. The summed E-state index contributed by atoms with van der Waals surface area (Å²) in [7, 11) is 0.0921. The van der Waals surface area contributed by atoms with Crippen LogP contribution in [0, 0.1) is 20.8 Å². The van der Waals surface area contributed by atoms with Crippen molar-refractivity contribution in [3.05, 3.63) is 17.3 Å². The van der Waals surface area contributed by atoms with Crippen molar-refractivity contribution < 1.29 is 12.8 Å². The van der Waals surface area contributed by atoms with Gasteiger partial charge in [0.15, 0.2) is 0 Å². The minimum atomic E-state index is -3.67. The van der Waals surface area contributed by atoms with Crippen LogP contribution in [0.5, 0.6) is 0 Å². The van der Waals surface area contributed by atoms with Gasteiger partial charge in [0, 0.05) is 31.4 Å². The number of aryl methyl sites for hydroxylation is 3. The highest BCUT2D eigenvalue weighted by molar-refractivity contribution is 7.89. The van der Waals surface area contributed by atoms with Crippen molar-refractivity contribution >= 4 is 10.0 Å². The second-order valence-corrected chi connectivity index (χ2v) is 7.11. The van der Waals surface area contributed by atoms with Crippen LogP contribution in [0.2, 0.25) is 0 Å². The second-order valence-electron chi connectivity index (χ2n) is 5.41. The van der Waals surface area contributed by atoms with Gasteiger partial charge in [0.25, 0.3) is 5.89 Å². The molecule has 0 aliphatic heterocycles. The van der Waals surface area contributed by atoms with Crippen molar-refractivity contribution in [3.8, 4) is 11.5 Å². The third-order valence-corrected chi connectivity index (χ3v) is 4.81. The van der Waals surface area contributed by atoms with Crippen LogP contribution in [0.1, 0.15) is 17.3 Å². The molecule has 0 unspecified atom stereocenters. The van der Waals surface area contributed by atoms with E-state index in [2.05, 4.69) is 19.9 Å². The molecule has 0 amide bonds. The van der Waals surface area contributed by atoms with E-state index in [0.717, 1.165) is 0 Å². The number of nitrogens with zero attached hydrogens (tertiary/aromatic N) is 3. The number of aromatic amines is 1. The number of nitrogens with one attached hydrogen (secondary N) is 2. The van der Waals surface area contributed by atoms with E-state index in [1.54, 1.807) is 20.8 Å². The molecule has 0 aliphatic carbocycles. The lowest BCUT2D eigenvalue weighted by atomic mass is 10.2. The molecule has 0 spiro atoms. The first-order valence-corrected chi connectivity index (χ1v) is 8.34. The predicted molar refractivity (Wildman–Crippen MR) is 82.0 cm³/mol. The number of H-pyrrole nitrogens is 1. The van der Waals surface area contributed by atoms with Gasteiger partial charge in [0.05, 0.1) is 5.56 Å². The lowest BCUT2D eigenvalue weighted by molar-refractivity contribution is 0.412. The summed E-state index contributed by atoms with van der Waals surface area (Å²) in [6.07, 6.45) is 0. The van der Waals surface area contributed by atoms with Gasteiger partial charge in [0.1, 0.15) is 4.90 Å². The molecule has 22 heavy (non-hydrogen) atoms. The molecule has 2 N–H and O–H groups in total. The van der Waals surface area contributed by atoms with Crippen molar-refractivity contribution in [2.75, 3.05) is 27.2 Å². The second kappa shape index (κ2) is 6.19. The standard InChI is InChI=1S/C13H21N5O3S/c1-8-11(13-17-16-10(3)21-13)12(9(2)15-8)22(19,20)14-6-7-18(4)5/h14-15H,6-7H2,1-5H3. The Hall–Kier alpha value is -1.71. The number of aromatic nitrogens is 3. The lowest BCUT2D eigenvalue weighted by Crippen LogP contribution is -2.31. The maximum Gasteiger partial charge on any atom is 0.250 e. The number of hydrogen-bond acceptors (Lipinski definition) is 6. The van der Waals surface area contributed by atoms with Crippen LogP contribution < -0.4 is 4.72 Å². The third kappa shape index (κ3) is 3.37. The lowest BCUT2D eigenvalue weighted by Gasteiger charge is -2.11. The topological polar surface area (TPSA) is 104 Å². The first-order chi connectivity index (χ1) is 10.2. The van der Waals surface area contributed by atoms with Gasteiger partial charge in [-0.15, -0.1) is 10.2 Å². The minimum absolute atomic E-state index is 0.160. The van der Waals surface area contributed by atoms with E-state index < -0.39 is 10.0 Å². The van der Waals surface area contributed by atoms with Crippen LogP contribution in [0.4, 0.5) is 0 Å². The molecular formula is C13H21N5O3S. The van der Waals surface area contributed by atoms with Crippen molar-refractivity contribution in [2.45, 2.75) is 25.7 Å². The highest BCUT2D eigenvalue weighted by Gasteiger charge is 2.28. The van der Waals surface area contributed by atoms with Crippen LogP contribution in [-0.2, 0) is 10.0 Å². The molecular weight excluding hydrogens is 306 g/mol. The Morgan fingerprint density at radius 2 is 1.86 bits per heavy atom. The third-order valence-electron chi connectivity index (χ3n) is 3.18. The molecule has 0 saturated heterocycles. The molecule has 122 valence electrons. The Balaban J connectivity index is 2.42.